The van der Waals surface area contributed by atoms with E-state index in [1.807, 2.05) is 30.1 Å². The van der Waals surface area contributed by atoms with Crippen LogP contribution >= 0.6 is 23.1 Å². The first-order valence-electron chi connectivity index (χ1n) is 10.2. The number of hydrogen-bond acceptors (Lipinski definition) is 5. The third kappa shape index (κ3) is 5.11. The maximum absolute atomic E-state index is 12.7. The number of benzene rings is 2. The van der Waals surface area contributed by atoms with Crippen molar-refractivity contribution in [2.24, 2.45) is 0 Å². The van der Waals surface area contributed by atoms with Crippen molar-refractivity contribution in [1.82, 2.24) is 9.88 Å². The number of carbonyl (C=O) groups excluding carboxylic acids is 1. The van der Waals surface area contributed by atoms with Crippen LogP contribution in [0.2, 0.25) is 0 Å². The van der Waals surface area contributed by atoms with E-state index in [1.54, 1.807) is 23.1 Å². The highest BCUT2D eigenvalue weighted by Crippen LogP contribution is 2.26. The van der Waals surface area contributed by atoms with E-state index < -0.39 is 0 Å². The first-order valence-corrected chi connectivity index (χ1v) is 12.2. The van der Waals surface area contributed by atoms with Crippen molar-refractivity contribution in [2.75, 3.05) is 30.8 Å². The molecule has 1 aliphatic rings. The number of anilines is 1. The minimum atomic E-state index is 0.171. The SMILES string of the molecule is CN(Cc1ccccc1N1CCCCC1)C(=O)CSCc1nc2ccccc2s1. The van der Waals surface area contributed by atoms with Crippen LogP contribution in [0.3, 0.4) is 0 Å². The molecule has 1 aliphatic heterocycles. The largest absolute Gasteiger partial charge is 0.371 e. The average Bonchev–Trinajstić information content (AvgIpc) is 3.17. The Morgan fingerprint density at radius 2 is 1.86 bits per heavy atom. The molecule has 4 rings (SSSR count). The molecule has 29 heavy (non-hydrogen) atoms. The van der Waals surface area contributed by atoms with E-state index in [0.717, 1.165) is 29.4 Å². The molecule has 1 amide bonds. The van der Waals surface area contributed by atoms with Crippen molar-refractivity contribution in [1.29, 1.82) is 0 Å². The van der Waals surface area contributed by atoms with E-state index in [4.69, 9.17) is 0 Å². The summed E-state index contributed by atoms with van der Waals surface area (Å²) in [5, 5.41) is 1.09. The van der Waals surface area contributed by atoms with Crippen LogP contribution in [-0.2, 0) is 17.1 Å². The predicted molar refractivity (Wildman–Crippen MR) is 125 cm³/mol. The summed E-state index contributed by atoms with van der Waals surface area (Å²) in [6.07, 6.45) is 3.83. The maximum atomic E-state index is 12.7. The number of thioether (sulfide) groups is 1. The molecule has 2 heterocycles. The van der Waals surface area contributed by atoms with Gasteiger partial charge >= 0.3 is 0 Å². The van der Waals surface area contributed by atoms with Crippen LogP contribution in [0.1, 0.15) is 29.8 Å². The number of amides is 1. The fourth-order valence-electron chi connectivity index (χ4n) is 3.75. The lowest BCUT2D eigenvalue weighted by atomic mass is 10.1. The third-order valence-corrected chi connectivity index (χ3v) is 7.46. The molecule has 3 aromatic rings. The van der Waals surface area contributed by atoms with Crippen molar-refractivity contribution >= 4 is 44.9 Å². The summed E-state index contributed by atoms with van der Waals surface area (Å²) in [4.78, 5) is 21.7. The van der Waals surface area contributed by atoms with Crippen LogP contribution in [0.5, 0.6) is 0 Å². The number of hydrogen-bond donors (Lipinski definition) is 0. The summed E-state index contributed by atoms with van der Waals surface area (Å²) < 4.78 is 1.21. The zero-order valence-electron chi connectivity index (χ0n) is 16.8. The molecule has 1 aromatic heterocycles. The van der Waals surface area contributed by atoms with Gasteiger partial charge in [-0.3, -0.25) is 4.79 Å². The summed E-state index contributed by atoms with van der Waals surface area (Å²) in [5.74, 6) is 1.44. The predicted octanol–water partition coefficient (Wildman–Crippen LogP) is 5.18. The summed E-state index contributed by atoms with van der Waals surface area (Å²) in [6, 6.07) is 16.7. The first-order chi connectivity index (χ1) is 14.2. The molecule has 0 spiro atoms. The number of rotatable bonds is 7. The fraction of sp³-hybridized carbons (Fsp3) is 0.391. The Bertz CT molecular complexity index is 932. The number of nitrogens with zero attached hydrogens (tertiary/aromatic N) is 3. The molecule has 0 saturated carbocycles. The molecule has 4 nitrogen and oxygen atoms in total. The van der Waals surface area contributed by atoms with Gasteiger partial charge in [0.1, 0.15) is 5.01 Å². The highest BCUT2D eigenvalue weighted by atomic mass is 32.2. The van der Waals surface area contributed by atoms with E-state index in [-0.39, 0.29) is 5.91 Å². The second-order valence-corrected chi connectivity index (χ2v) is 9.60. The number of thiazole rings is 1. The second-order valence-electron chi connectivity index (χ2n) is 7.49. The minimum Gasteiger partial charge on any atom is -0.371 e. The lowest BCUT2D eigenvalue weighted by Crippen LogP contribution is -2.32. The fourth-order valence-corrected chi connectivity index (χ4v) is 5.73. The molecule has 0 aliphatic carbocycles. The van der Waals surface area contributed by atoms with Gasteiger partial charge in [-0.1, -0.05) is 30.3 Å². The van der Waals surface area contributed by atoms with Crippen molar-refractivity contribution < 1.29 is 4.79 Å². The normalized spacial score (nSPS) is 14.3. The molecule has 2 aromatic carbocycles. The summed E-state index contributed by atoms with van der Waals surface area (Å²) in [7, 11) is 1.91. The Balaban J connectivity index is 1.31. The molecule has 0 radical (unpaired) electrons. The van der Waals surface area contributed by atoms with Crippen LogP contribution < -0.4 is 4.90 Å². The number of aromatic nitrogens is 1. The van der Waals surface area contributed by atoms with Crippen molar-refractivity contribution in [3.05, 3.63) is 59.1 Å². The lowest BCUT2D eigenvalue weighted by Gasteiger charge is -2.31. The van der Waals surface area contributed by atoms with Gasteiger partial charge in [-0.05, 0) is 43.0 Å². The molecular weight excluding hydrogens is 398 g/mol. The molecule has 152 valence electrons. The van der Waals surface area contributed by atoms with Crippen LogP contribution in [0.4, 0.5) is 5.69 Å². The Morgan fingerprint density at radius 1 is 1.10 bits per heavy atom. The van der Waals surface area contributed by atoms with E-state index >= 15 is 0 Å². The zero-order chi connectivity index (χ0) is 20.1. The molecule has 0 unspecified atom stereocenters. The third-order valence-electron chi connectivity index (χ3n) is 5.31. The van der Waals surface area contributed by atoms with E-state index in [0.29, 0.717) is 12.3 Å². The average molecular weight is 426 g/mol. The van der Waals surface area contributed by atoms with Crippen LogP contribution in [0, 0.1) is 0 Å². The number of piperidine rings is 1. The molecule has 1 fully saturated rings. The monoisotopic (exact) mass is 425 g/mol. The minimum absolute atomic E-state index is 0.171. The molecule has 0 N–H and O–H groups in total. The smallest absolute Gasteiger partial charge is 0.232 e. The topological polar surface area (TPSA) is 36.4 Å². The van der Waals surface area contributed by atoms with Gasteiger partial charge in [0.15, 0.2) is 0 Å². The Morgan fingerprint density at radius 3 is 2.69 bits per heavy atom. The van der Waals surface area contributed by atoms with Gasteiger partial charge in [0.2, 0.25) is 5.91 Å². The van der Waals surface area contributed by atoms with E-state index in [2.05, 4.69) is 40.2 Å². The Hall–Kier alpha value is -2.05. The summed E-state index contributed by atoms with van der Waals surface area (Å²) in [6.45, 7) is 2.90. The molecular formula is C23H27N3OS2. The van der Waals surface area contributed by atoms with Crippen molar-refractivity contribution in [3.8, 4) is 0 Å². The standard InChI is InChI=1S/C23H27N3OS2/c1-25(15-18-9-3-5-11-20(18)26-13-7-2-8-14-26)23(27)17-28-16-22-24-19-10-4-6-12-21(19)29-22/h3-6,9-12H,2,7-8,13-17H2,1H3. The lowest BCUT2D eigenvalue weighted by molar-refractivity contribution is -0.127. The van der Waals surface area contributed by atoms with Crippen molar-refractivity contribution in [2.45, 2.75) is 31.6 Å². The van der Waals surface area contributed by atoms with E-state index in [1.165, 1.54) is 35.2 Å². The van der Waals surface area contributed by atoms with Crippen LogP contribution in [-0.4, -0.2) is 41.7 Å². The van der Waals surface area contributed by atoms with Gasteiger partial charge in [-0.15, -0.1) is 23.1 Å². The van der Waals surface area contributed by atoms with Gasteiger partial charge in [0.05, 0.1) is 16.0 Å². The molecule has 0 atom stereocenters. The Labute approximate surface area is 180 Å². The highest BCUT2D eigenvalue weighted by molar-refractivity contribution is 7.99. The number of carbonyl (C=O) groups is 1. The van der Waals surface area contributed by atoms with Gasteiger partial charge < -0.3 is 9.80 Å². The van der Waals surface area contributed by atoms with Crippen molar-refractivity contribution in [3.63, 3.8) is 0 Å². The highest BCUT2D eigenvalue weighted by Gasteiger charge is 2.17. The van der Waals surface area contributed by atoms with Crippen LogP contribution in [0.15, 0.2) is 48.5 Å². The zero-order valence-corrected chi connectivity index (χ0v) is 18.5. The van der Waals surface area contributed by atoms with E-state index in [9.17, 15) is 4.79 Å². The summed E-state index contributed by atoms with van der Waals surface area (Å²) >= 11 is 3.36. The molecule has 0 bridgehead atoms. The quantitative estimate of drug-likeness (QED) is 0.523. The second kappa shape index (κ2) is 9.63. The number of para-hydroxylation sites is 2. The molecule has 1 saturated heterocycles. The van der Waals surface area contributed by atoms with Crippen LogP contribution in [0.25, 0.3) is 10.2 Å². The van der Waals surface area contributed by atoms with Gasteiger partial charge in [0.25, 0.3) is 0 Å². The number of fused-ring (bicyclic) bond motifs is 1. The summed E-state index contributed by atoms with van der Waals surface area (Å²) in [5.41, 5.74) is 3.57. The van der Waals surface area contributed by atoms with Gasteiger partial charge in [-0.2, -0.15) is 0 Å². The first kappa shape index (κ1) is 20.2. The molecule has 6 heteroatoms. The van der Waals surface area contributed by atoms with Gasteiger partial charge in [-0.25, -0.2) is 4.98 Å². The van der Waals surface area contributed by atoms with Gasteiger partial charge in [0, 0.05) is 38.1 Å². The Kier molecular flexibility index (Phi) is 6.72. The maximum Gasteiger partial charge on any atom is 0.232 e.